The Hall–Kier alpha value is -2.50. The summed E-state index contributed by atoms with van der Waals surface area (Å²) in [7, 11) is 0. The highest BCUT2D eigenvalue weighted by molar-refractivity contribution is 5.86. The molecule has 0 bridgehead atoms. The molecule has 6 heteroatoms. The molecule has 0 aliphatic carbocycles. The van der Waals surface area contributed by atoms with Crippen LogP contribution in [0.1, 0.15) is 5.56 Å². The standard InChI is InChI=1S/C16H15F3N2O/c1-3-7-21(8-4-2)11-5-6-14-12(9-11)13(16(17,18)19)10-15(22)20-14/h3-6,9-10H,1-2,7-8H2,(H,20,22). The van der Waals surface area contributed by atoms with Crippen LogP contribution in [0.4, 0.5) is 18.9 Å². The normalized spacial score (nSPS) is 11.4. The fourth-order valence-electron chi connectivity index (χ4n) is 2.27. The van der Waals surface area contributed by atoms with Gasteiger partial charge in [0.25, 0.3) is 0 Å². The molecule has 1 N–H and O–H groups in total. The van der Waals surface area contributed by atoms with Gasteiger partial charge in [-0.1, -0.05) is 12.2 Å². The first-order valence-electron chi connectivity index (χ1n) is 6.58. The third kappa shape index (κ3) is 3.21. The lowest BCUT2D eigenvalue weighted by Gasteiger charge is -2.22. The number of aromatic nitrogens is 1. The molecule has 3 nitrogen and oxygen atoms in total. The van der Waals surface area contributed by atoms with Crippen LogP contribution in [0, 0.1) is 0 Å². The zero-order chi connectivity index (χ0) is 16.3. The lowest BCUT2D eigenvalue weighted by molar-refractivity contribution is -0.136. The van der Waals surface area contributed by atoms with Crippen molar-refractivity contribution in [3.63, 3.8) is 0 Å². The number of pyridine rings is 1. The summed E-state index contributed by atoms with van der Waals surface area (Å²) >= 11 is 0. The van der Waals surface area contributed by atoms with Crippen LogP contribution in [0.3, 0.4) is 0 Å². The topological polar surface area (TPSA) is 36.1 Å². The highest BCUT2D eigenvalue weighted by Crippen LogP contribution is 2.34. The van der Waals surface area contributed by atoms with E-state index in [9.17, 15) is 18.0 Å². The number of aromatic amines is 1. The number of benzene rings is 1. The Morgan fingerprint density at radius 3 is 2.32 bits per heavy atom. The maximum absolute atomic E-state index is 13.1. The van der Waals surface area contributed by atoms with Crippen LogP contribution < -0.4 is 10.5 Å². The Bertz CT molecular complexity index is 752. The van der Waals surface area contributed by atoms with Crippen molar-refractivity contribution < 1.29 is 13.2 Å². The van der Waals surface area contributed by atoms with E-state index in [2.05, 4.69) is 18.1 Å². The third-order valence-electron chi connectivity index (χ3n) is 3.20. The van der Waals surface area contributed by atoms with Gasteiger partial charge in [0.05, 0.1) is 5.56 Å². The molecule has 116 valence electrons. The summed E-state index contributed by atoms with van der Waals surface area (Å²) in [5.74, 6) is 0. The number of rotatable bonds is 5. The molecule has 0 aliphatic heterocycles. The Morgan fingerprint density at radius 2 is 1.77 bits per heavy atom. The van der Waals surface area contributed by atoms with Gasteiger partial charge in [-0.25, -0.2) is 0 Å². The molecule has 0 aliphatic rings. The minimum Gasteiger partial charge on any atom is -0.364 e. The van der Waals surface area contributed by atoms with Gasteiger partial charge in [0, 0.05) is 35.7 Å². The number of fused-ring (bicyclic) bond motifs is 1. The molecule has 0 unspecified atom stereocenters. The van der Waals surface area contributed by atoms with Crippen molar-refractivity contribution in [3.8, 4) is 0 Å². The van der Waals surface area contributed by atoms with Crippen molar-refractivity contribution in [1.82, 2.24) is 4.98 Å². The van der Waals surface area contributed by atoms with Crippen LogP contribution in [0.25, 0.3) is 10.9 Å². The molecule has 0 fully saturated rings. The van der Waals surface area contributed by atoms with Crippen LogP contribution in [0.15, 0.2) is 54.4 Å². The van der Waals surface area contributed by atoms with Crippen molar-refractivity contribution >= 4 is 16.6 Å². The minimum absolute atomic E-state index is 0.0391. The lowest BCUT2D eigenvalue weighted by atomic mass is 10.1. The summed E-state index contributed by atoms with van der Waals surface area (Å²) in [5.41, 5.74) is -0.961. The van der Waals surface area contributed by atoms with Gasteiger partial charge in [0.1, 0.15) is 0 Å². The summed E-state index contributed by atoms with van der Waals surface area (Å²) in [6.45, 7) is 8.22. The minimum atomic E-state index is -4.59. The summed E-state index contributed by atoms with van der Waals surface area (Å²) in [6, 6.07) is 5.13. The van der Waals surface area contributed by atoms with Gasteiger partial charge < -0.3 is 9.88 Å². The second kappa shape index (κ2) is 6.09. The highest BCUT2D eigenvalue weighted by Gasteiger charge is 2.33. The van der Waals surface area contributed by atoms with Gasteiger partial charge in [0.2, 0.25) is 5.56 Å². The van der Waals surface area contributed by atoms with E-state index >= 15 is 0 Å². The Balaban J connectivity index is 2.66. The van der Waals surface area contributed by atoms with Crippen LogP contribution in [-0.2, 0) is 6.18 Å². The lowest BCUT2D eigenvalue weighted by Crippen LogP contribution is -2.23. The van der Waals surface area contributed by atoms with Crippen molar-refractivity contribution in [2.24, 2.45) is 0 Å². The maximum atomic E-state index is 13.1. The third-order valence-corrected chi connectivity index (χ3v) is 3.20. The first-order valence-corrected chi connectivity index (χ1v) is 6.58. The van der Waals surface area contributed by atoms with Crippen LogP contribution in [0.2, 0.25) is 0 Å². The predicted octanol–water partition coefficient (Wildman–Crippen LogP) is 3.73. The molecular formula is C16H15F3N2O. The number of hydrogen-bond acceptors (Lipinski definition) is 2. The molecule has 22 heavy (non-hydrogen) atoms. The van der Waals surface area contributed by atoms with E-state index in [1.54, 1.807) is 18.2 Å². The van der Waals surface area contributed by atoms with Gasteiger partial charge >= 0.3 is 6.18 Å². The number of anilines is 1. The smallest absolute Gasteiger partial charge is 0.364 e. The first kappa shape index (κ1) is 15.9. The van der Waals surface area contributed by atoms with E-state index in [4.69, 9.17) is 0 Å². The zero-order valence-corrected chi connectivity index (χ0v) is 11.8. The SMILES string of the molecule is C=CCN(CC=C)c1ccc2[nH]c(=O)cc(C(F)(F)F)c2c1. The quantitative estimate of drug-likeness (QED) is 0.855. The van der Waals surface area contributed by atoms with Crippen LogP contribution in [-0.4, -0.2) is 18.1 Å². The van der Waals surface area contributed by atoms with Gasteiger partial charge in [-0.05, 0) is 18.2 Å². The van der Waals surface area contributed by atoms with E-state index in [1.807, 2.05) is 4.90 Å². The predicted molar refractivity (Wildman–Crippen MR) is 82.2 cm³/mol. The van der Waals surface area contributed by atoms with E-state index in [1.165, 1.54) is 12.1 Å². The van der Waals surface area contributed by atoms with Crippen LogP contribution in [0.5, 0.6) is 0 Å². The number of alkyl halides is 3. The van der Waals surface area contributed by atoms with Gasteiger partial charge in [-0.3, -0.25) is 4.79 Å². The van der Waals surface area contributed by atoms with Gasteiger partial charge in [-0.15, -0.1) is 13.2 Å². The molecular weight excluding hydrogens is 293 g/mol. The second-order valence-corrected chi connectivity index (χ2v) is 4.76. The number of halogens is 3. The molecule has 0 atom stereocenters. The highest BCUT2D eigenvalue weighted by atomic mass is 19.4. The van der Waals surface area contributed by atoms with E-state index in [0.29, 0.717) is 24.8 Å². The van der Waals surface area contributed by atoms with Crippen LogP contribution >= 0.6 is 0 Å². The molecule has 1 aromatic heterocycles. The van der Waals surface area contributed by atoms with Gasteiger partial charge in [0.15, 0.2) is 0 Å². The summed E-state index contributed by atoms with van der Waals surface area (Å²) < 4.78 is 39.4. The molecule has 0 saturated heterocycles. The molecule has 1 heterocycles. The number of nitrogens with one attached hydrogen (secondary N) is 1. The monoisotopic (exact) mass is 308 g/mol. The summed E-state index contributed by atoms with van der Waals surface area (Å²) in [4.78, 5) is 15.6. The summed E-state index contributed by atoms with van der Waals surface area (Å²) in [5, 5.41) is -0.0391. The average Bonchev–Trinajstić information content (AvgIpc) is 2.44. The molecule has 2 rings (SSSR count). The van der Waals surface area contributed by atoms with Crippen molar-refractivity contribution in [3.05, 3.63) is 65.5 Å². The Morgan fingerprint density at radius 1 is 1.14 bits per heavy atom. The van der Waals surface area contributed by atoms with E-state index < -0.39 is 17.3 Å². The first-order chi connectivity index (χ1) is 10.4. The fraction of sp³-hybridized carbons (Fsp3) is 0.188. The molecule has 0 saturated carbocycles. The molecule has 0 amide bonds. The number of nitrogens with zero attached hydrogens (tertiary/aromatic N) is 1. The Kier molecular flexibility index (Phi) is 4.40. The van der Waals surface area contributed by atoms with Crippen molar-refractivity contribution in [2.45, 2.75) is 6.18 Å². The van der Waals surface area contributed by atoms with E-state index in [-0.39, 0.29) is 10.9 Å². The van der Waals surface area contributed by atoms with E-state index in [0.717, 1.165) is 0 Å². The van der Waals surface area contributed by atoms with Crippen molar-refractivity contribution in [1.29, 1.82) is 0 Å². The fourth-order valence-corrected chi connectivity index (χ4v) is 2.27. The largest absolute Gasteiger partial charge is 0.417 e. The number of hydrogen-bond donors (Lipinski definition) is 1. The summed E-state index contributed by atoms with van der Waals surface area (Å²) in [6.07, 6.45) is -1.27. The zero-order valence-electron chi connectivity index (χ0n) is 11.8. The average molecular weight is 308 g/mol. The Labute approximate surface area is 125 Å². The molecule has 0 spiro atoms. The van der Waals surface area contributed by atoms with Crippen molar-refractivity contribution in [2.75, 3.05) is 18.0 Å². The molecule has 0 radical (unpaired) electrons. The molecule has 2 aromatic rings. The second-order valence-electron chi connectivity index (χ2n) is 4.76. The number of H-pyrrole nitrogens is 1. The van der Waals surface area contributed by atoms with Gasteiger partial charge in [-0.2, -0.15) is 13.2 Å². The molecule has 1 aromatic carbocycles. The maximum Gasteiger partial charge on any atom is 0.417 e.